The number of benzene rings is 3. The molecule has 4 aromatic rings. The number of rotatable bonds is 6. The molecule has 0 fully saturated rings. The lowest BCUT2D eigenvalue weighted by Crippen LogP contribution is -2.36. The smallest absolute Gasteiger partial charge is 0.300 e. The first-order chi connectivity index (χ1) is 17.6. The van der Waals surface area contributed by atoms with Gasteiger partial charge in [0.15, 0.2) is 5.69 Å². The number of ether oxygens (including phenoxy) is 1. The van der Waals surface area contributed by atoms with Crippen molar-refractivity contribution in [3.05, 3.63) is 93.9 Å². The zero-order chi connectivity index (χ0) is 26.9. The highest BCUT2D eigenvalue weighted by atomic mass is 16.5. The van der Waals surface area contributed by atoms with Gasteiger partial charge in [0, 0.05) is 37.8 Å². The van der Waals surface area contributed by atoms with Crippen molar-refractivity contribution in [3.63, 3.8) is 0 Å². The number of nitrogens with zero attached hydrogens (tertiary/aromatic N) is 2. The Labute approximate surface area is 216 Å². The van der Waals surface area contributed by atoms with Crippen molar-refractivity contribution >= 4 is 17.5 Å². The van der Waals surface area contributed by atoms with E-state index in [4.69, 9.17) is 4.74 Å². The van der Waals surface area contributed by atoms with E-state index in [1.165, 1.54) is 4.90 Å². The molecule has 0 radical (unpaired) electrons. The van der Waals surface area contributed by atoms with Crippen molar-refractivity contribution in [3.8, 4) is 28.3 Å². The predicted octanol–water partition coefficient (Wildman–Crippen LogP) is 4.87. The highest BCUT2D eigenvalue weighted by molar-refractivity contribution is 6.04. The summed E-state index contributed by atoms with van der Waals surface area (Å²) in [6.45, 7) is 5.74. The SMILES string of the molecule is COc1ccc(-c2[nH]c(C)c(C(=O)Nc3cccc(C(=O)N(C)C)c3)[n+]2[O-])cc1-c1c(C)cccc1C. The van der Waals surface area contributed by atoms with Gasteiger partial charge in [-0.2, -0.15) is 0 Å². The second kappa shape index (κ2) is 10.2. The fraction of sp³-hybridized carbons (Fsp3) is 0.207. The van der Waals surface area contributed by atoms with Crippen molar-refractivity contribution in [1.82, 2.24) is 9.88 Å². The lowest BCUT2D eigenvalue weighted by atomic mass is 9.93. The van der Waals surface area contributed by atoms with Crippen LogP contribution in [0.3, 0.4) is 0 Å². The molecule has 1 aromatic heterocycles. The van der Waals surface area contributed by atoms with Crippen LogP contribution >= 0.6 is 0 Å². The topological polar surface area (TPSA) is 101 Å². The standard InChI is InChI=1S/C29H30N4O4/c1-17-9-7-10-18(2)25(17)23-16-20(13-14-24(23)37-6)27-30-19(3)26(33(27)36)28(34)31-22-12-8-11-21(15-22)29(35)32(4)5/h7-16,30H,1-6H3,(H,31,34). The van der Waals surface area contributed by atoms with E-state index in [1.807, 2.05) is 44.2 Å². The third-order valence-electron chi connectivity index (χ3n) is 6.28. The van der Waals surface area contributed by atoms with Crippen LogP contribution in [0.25, 0.3) is 22.5 Å². The Hall–Kier alpha value is -4.59. The van der Waals surface area contributed by atoms with Crippen LogP contribution in [-0.4, -0.2) is 42.9 Å². The molecule has 0 unspecified atom stereocenters. The van der Waals surface area contributed by atoms with E-state index in [0.717, 1.165) is 22.3 Å². The number of aromatic nitrogens is 2. The van der Waals surface area contributed by atoms with Gasteiger partial charge in [0.2, 0.25) is 5.69 Å². The summed E-state index contributed by atoms with van der Waals surface area (Å²) in [6.07, 6.45) is 0. The summed E-state index contributed by atoms with van der Waals surface area (Å²) >= 11 is 0. The summed E-state index contributed by atoms with van der Waals surface area (Å²) in [5.41, 5.74) is 5.91. The largest absolute Gasteiger partial charge is 0.710 e. The molecule has 0 atom stereocenters. The molecule has 0 saturated heterocycles. The Balaban J connectivity index is 1.71. The molecule has 1 heterocycles. The molecule has 0 spiro atoms. The number of carbonyl (C=O) groups is 2. The minimum atomic E-state index is -0.576. The average molecular weight is 499 g/mol. The highest BCUT2D eigenvalue weighted by Crippen LogP contribution is 2.37. The van der Waals surface area contributed by atoms with E-state index >= 15 is 0 Å². The summed E-state index contributed by atoms with van der Waals surface area (Å²) < 4.78 is 6.23. The number of amides is 2. The minimum absolute atomic E-state index is 0.0521. The monoisotopic (exact) mass is 498 g/mol. The van der Waals surface area contributed by atoms with Crippen LogP contribution in [0.5, 0.6) is 5.75 Å². The molecule has 0 bridgehead atoms. The first kappa shape index (κ1) is 25.5. The van der Waals surface area contributed by atoms with Gasteiger partial charge in [0.1, 0.15) is 5.75 Å². The van der Waals surface area contributed by atoms with Gasteiger partial charge in [-0.1, -0.05) is 24.3 Å². The van der Waals surface area contributed by atoms with E-state index in [2.05, 4.69) is 10.3 Å². The van der Waals surface area contributed by atoms with Crippen LogP contribution in [0, 0.1) is 26.0 Å². The van der Waals surface area contributed by atoms with E-state index in [1.54, 1.807) is 58.5 Å². The van der Waals surface area contributed by atoms with Crippen molar-refractivity contribution in [2.75, 3.05) is 26.5 Å². The molecule has 0 aliphatic carbocycles. The van der Waals surface area contributed by atoms with Crippen molar-refractivity contribution in [1.29, 1.82) is 0 Å². The molecule has 2 N–H and O–H groups in total. The maximum absolute atomic E-state index is 13.4. The van der Waals surface area contributed by atoms with Gasteiger partial charge >= 0.3 is 0 Å². The summed E-state index contributed by atoms with van der Waals surface area (Å²) in [5, 5.41) is 16.1. The van der Waals surface area contributed by atoms with Gasteiger partial charge in [0.25, 0.3) is 17.6 Å². The maximum Gasteiger partial charge on any atom is 0.300 e. The van der Waals surface area contributed by atoms with Crippen LogP contribution in [-0.2, 0) is 0 Å². The van der Waals surface area contributed by atoms with Crippen LogP contribution < -0.4 is 14.8 Å². The number of hydrogen-bond donors (Lipinski definition) is 2. The van der Waals surface area contributed by atoms with Crippen molar-refractivity contribution in [2.24, 2.45) is 0 Å². The second-order valence-corrected chi connectivity index (χ2v) is 9.16. The number of aromatic amines is 1. The quantitative estimate of drug-likeness (QED) is 0.293. The fourth-order valence-corrected chi connectivity index (χ4v) is 4.47. The van der Waals surface area contributed by atoms with E-state index in [-0.39, 0.29) is 17.4 Å². The average Bonchev–Trinajstić information content (AvgIpc) is 3.17. The van der Waals surface area contributed by atoms with Gasteiger partial charge in [-0.3, -0.25) is 9.59 Å². The zero-order valence-corrected chi connectivity index (χ0v) is 21.8. The molecular formula is C29H30N4O4. The van der Waals surface area contributed by atoms with Crippen LogP contribution in [0.2, 0.25) is 0 Å². The summed E-state index contributed by atoms with van der Waals surface area (Å²) in [6, 6.07) is 18.2. The zero-order valence-electron chi connectivity index (χ0n) is 21.8. The highest BCUT2D eigenvalue weighted by Gasteiger charge is 2.26. The molecule has 0 aliphatic rings. The third-order valence-corrected chi connectivity index (χ3v) is 6.28. The van der Waals surface area contributed by atoms with Gasteiger partial charge in [-0.05, 0) is 66.9 Å². The lowest BCUT2D eigenvalue weighted by Gasteiger charge is -2.15. The van der Waals surface area contributed by atoms with E-state index in [0.29, 0.717) is 33.0 Å². The van der Waals surface area contributed by atoms with Crippen LogP contribution in [0.15, 0.2) is 60.7 Å². The second-order valence-electron chi connectivity index (χ2n) is 9.16. The Morgan fingerprint density at radius 3 is 2.30 bits per heavy atom. The Morgan fingerprint density at radius 1 is 0.973 bits per heavy atom. The maximum atomic E-state index is 13.4. The molecule has 37 heavy (non-hydrogen) atoms. The number of hydrogen-bond acceptors (Lipinski definition) is 4. The number of anilines is 1. The number of H-pyrrole nitrogens is 1. The van der Waals surface area contributed by atoms with Crippen LogP contribution in [0.1, 0.15) is 37.7 Å². The number of imidazole rings is 1. The molecule has 0 saturated carbocycles. The van der Waals surface area contributed by atoms with Crippen molar-refractivity contribution < 1.29 is 19.1 Å². The van der Waals surface area contributed by atoms with Crippen molar-refractivity contribution in [2.45, 2.75) is 20.8 Å². The number of methoxy groups -OCH3 is 1. The molecule has 8 heteroatoms. The first-order valence-electron chi connectivity index (χ1n) is 11.8. The third kappa shape index (κ3) is 4.91. The molecular weight excluding hydrogens is 468 g/mol. The summed E-state index contributed by atoms with van der Waals surface area (Å²) in [4.78, 5) is 29.9. The van der Waals surface area contributed by atoms with Crippen LogP contribution in [0.4, 0.5) is 5.69 Å². The summed E-state index contributed by atoms with van der Waals surface area (Å²) in [5.74, 6) is 0.170. The van der Waals surface area contributed by atoms with Gasteiger partial charge < -0.3 is 20.2 Å². The Morgan fingerprint density at radius 2 is 1.65 bits per heavy atom. The molecule has 0 aliphatic heterocycles. The summed E-state index contributed by atoms with van der Waals surface area (Å²) in [7, 11) is 4.93. The molecule has 3 aromatic carbocycles. The normalized spacial score (nSPS) is 10.8. The van der Waals surface area contributed by atoms with Gasteiger partial charge in [-0.25, -0.2) is 9.71 Å². The lowest BCUT2D eigenvalue weighted by molar-refractivity contribution is -0.594. The Bertz CT molecular complexity index is 1480. The number of carbonyl (C=O) groups excluding carboxylic acids is 2. The molecule has 4 rings (SSSR count). The minimum Gasteiger partial charge on any atom is -0.710 e. The molecule has 8 nitrogen and oxygen atoms in total. The fourth-order valence-electron chi connectivity index (χ4n) is 4.47. The van der Waals surface area contributed by atoms with Gasteiger partial charge in [-0.15, -0.1) is 0 Å². The molecule has 2 amide bonds. The number of nitrogens with one attached hydrogen (secondary N) is 2. The Kier molecular flexibility index (Phi) is 7.02. The van der Waals surface area contributed by atoms with E-state index < -0.39 is 5.91 Å². The molecule has 190 valence electrons. The van der Waals surface area contributed by atoms with Gasteiger partial charge in [0.05, 0.1) is 12.7 Å². The first-order valence-corrected chi connectivity index (χ1v) is 11.8. The predicted molar refractivity (Wildman–Crippen MR) is 144 cm³/mol. The number of aryl methyl sites for hydroxylation is 3. The van der Waals surface area contributed by atoms with E-state index in [9.17, 15) is 14.8 Å².